The van der Waals surface area contributed by atoms with Gasteiger partial charge in [0.2, 0.25) is 5.91 Å². The molecule has 8 heteroatoms. The summed E-state index contributed by atoms with van der Waals surface area (Å²) in [5.41, 5.74) is 1.93. The van der Waals surface area contributed by atoms with Crippen molar-refractivity contribution in [3.8, 4) is 17.0 Å². The molecule has 1 aromatic carbocycles. The molecule has 2 aliphatic rings. The monoisotopic (exact) mass is 409 g/mol. The van der Waals surface area contributed by atoms with Gasteiger partial charge in [0.15, 0.2) is 5.82 Å². The lowest BCUT2D eigenvalue weighted by atomic mass is 9.92. The van der Waals surface area contributed by atoms with Crippen molar-refractivity contribution in [3.63, 3.8) is 0 Å². The molecule has 1 aromatic heterocycles. The Labute approximate surface area is 176 Å². The second-order valence-corrected chi connectivity index (χ2v) is 7.84. The van der Waals surface area contributed by atoms with Crippen LogP contribution in [-0.2, 0) is 9.53 Å². The number of ether oxygens (including phenoxy) is 1. The Bertz CT molecular complexity index is 919. The van der Waals surface area contributed by atoms with Crippen LogP contribution in [0.5, 0.6) is 5.75 Å². The summed E-state index contributed by atoms with van der Waals surface area (Å²) < 4.78 is 5.63. The number of phenols is 1. The molecule has 0 saturated carbocycles. The number of aromatic hydroxyl groups is 1. The first-order valence-electron chi connectivity index (χ1n) is 10.2. The molecule has 4 rings (SSSR count). The highest BCUT2D eigenvalue weighted by atomic mass is 16.5. The van der Waals surface area contributed by atoms with Gasteiger partial charge in [0.25, 0.3) is 0 Å². The average Bonchev–Trinajstić information content (AvgIpc) is 2.77. The van der Waals surface area contributed by atoms with Gasteiger partial charge < -0.3 is 25.4 Å². The Morgan fingerprint density at radius 3 is 2.63 bits per heavy atom. The second kappa shape index (κ2) is 8.81. The number of hydrogen-bond acceptors (Lipinski definition) is 7. The number of benzene rings is 1. The number of amides is 1. The van der Waals surface area contributed by atoms with Crippen molar-refractivity contribution in [2.75, 3.05) is 32.2 Å². The molecule has 2 fully saturated rings. The zero-order chi connectivity index (χ0) is 21.1. The smallest absolute Gasteiger partial charge is 0.243 e. The van der Waals surface area contributed by atoms with Gasteiger partial charge in [0.1, 0.15) is 5.75 Å². The molecule has 0 unspecified atom stereocenters. The fraction of sp³-hybridized carbons (Fsp3) is 0.409. The van der Waals surface area contributed by atoms with Gasteiger partial charge in [-0.1, -0.05) is 6.07 Å². The van der Waals surface area contributed by atoms with Crippen molar-refractivity contribution < 1.29 is 14.6 Å². The Kier molecular flexibility index (Phi) is 5.96. The van der Waals surface area contributed by atoms with Crippen LogP contribution in [0.3, 0.4) is 0 Å². The number of fused-ring (bicyclic) bond motifs is 2. The number of phenolic OH excluding ortho intramolecular Hbond substituents is 1. The molecule has 2 aromatic rings. The maximum absolute atomic E-state index is 11.3. The van der Waals surface area contributed by atoms with Crippen molar-refractivity contribution in [1.82, 2.24) is 20.8 Å². The van der Waals surface area contributed by atoms with Crippen LogP contribution >= 0.6 is 0 Å². The number of anilines is 1. The zero-order valence-corrected chi connectivity index (χ0v) is 17.2. The van der Waals surface area contributed by atoms with E-state index in [1.807, 2.05) is 18.2 Å². The average molecular weight is 409 g/mol. The summed E-state index contributed by atoms with van der Waals surface area (Å²) >= 11 is 0. The highest BCUT2D eigenvalue weighted by Crippen LogP contribution is 2.30. The van der Waals surface area contributed by atoms with Gasteiger partial charge in [-0.25, -0.2) is 0 Å². The van der Waals surface area contributed by atoms with Crippen molar-refractivity contribution in [2.24, 2.45) is 0 Å². The van der Waals surface area contributed by atoms with Crippen molar-refractivity contribution in [2.45, 2.75) is 31.0 Å². The van der Waals surface area contributed by atoms with Gasteiger partial charge in [-0.05, 0) is 48.7 Å². The summed E-state index contributed by atoms with van der Waals surface area (Å²) in [7, 11) is 3.62. The minimum atomic E-state index is -0.200. The lowest BCUT2D eigenvalue weighted by Crippen LogP contribution is -2.58. The van der Waals surface area contributed by atoms with E-state index in [1.54, 1.807) is 25.3 Å². The number of rotatable bonds is 5. The van der Waals surface area contributed by atoms with Crippen LogP contribution in [0.25, 0.3) is 17.3 Å². The first-order valence-corrected chi connectivity index (χ1v) is 10.2. The Morgan fingerprint density at radius 1 is 1.23 bits per heavy atom. The van der Waals surface area contributed by atoms with Crippen molar-refractivity contribution >= 4 is 17.8 Å². The Morgan fingerprint density at radius 2 is 2.00 bits per heavy atom. The highest BCUT2D eigenvalue weighted by molar-refractivity contribution is 5.91. The maximum atomic E-state index is 11.3. The van der Waals surface area contributed by atoms with Crippen LogP contribution in [0, 0.1) is 0 Å². The quantitative estimate of drug-likeness (QED) is 0.645. The van der Waals surface area contributed by atoms with Crippen LogP contribution < -0.4 is 15.5 Å². The summed E-state index contributed by atoms with van der Waals surface area (Å²) in [5.74, 6) is 0.707. The molecule has 8 nitrogen and oxygen atoms in total. The molecule has 1 amide bonds. The van der Waals surface area contributed by atoms with E-state index < -0.39 is 0 Å². The van der Waals surface area contributed by atoms with E-state index in [4.69, 9.17) is 4.74 Å². The first kappa shape index (κ1) is 20.3. The van der Waals surface area contributed by atoms with Gasteiger partial charge in [-0.2, -0.15) is 0 Å². The Balaban J connectivity index is 1.46. The third-order valence-electron chi connectivity index (χ3n) is 5.75. The number of carbonyl (C=O) groups is 1. The maximum Gasteiger partial charge on any atom is 0.243 e. The molecule has 2 aliphatic heterocycles. The van der Waals surface area contributed by atoms with E-state index in [-0.39, 0.29) is 11.7 Å². The van der Waals surface area contributed by atoms with E-state index >= 15 is 0 Å². The van der Waals surface area contributed by atoms with Crippen LogP contribution in [-0.4, -0.2) is 66.6 Å². The van der Waals surface area contributed by atoms with E-state index in [1.165, 1.54) is 6.08 Å². The highest BCUT2D eigenvalue weighted by Gasteiger charge is 2.34. The molecule has 2 saturated heterocycles. The minimum absolute atomic E-state index is 0.0932. The van der Waals surface area contributed by atoms with Gasteiger partial charge in [-0.3, -0.25) is 4.79 Å². The predicted molar refractivity (Wildman–Crippen MR) is 115 cm³/mol. The predicted octanol–water partition coefficient (Wildman–Crippen LogP) is 1.56. The van der Waals surface area contributed by atoms with Crippen LogP contribution in [0.2, 0.25) is 0 Å². The van der Waals surface area contributed by atoms with Crippen LogP contribution in [0.15, 0.2) is 36.4 Å². The molecule has 30 heavy (non-hydrogen) atoms. The summed E-state index contributed by atoms with van der Waals surface area (Å²) in [6.45, 7) is 1.53. The number of carbonyl (C=O) groups excluding carboxylic acids is 1. The SMILES string of the molecule is CNC(=O)/C=C/c1ccc(-c2ccc(N(C)[C@@H]3C[C@H]4COC[C@@H](C3)N4)nn2)c(O)c1. The second-order valence-electron chi connectivity index (χ2n) is 7.84. The fourth-order valence-corrected chi connectivity index (χ4v) is 4.09. The third-order valence-corrected chi connectivity index (χ3v) is 5.75. The van der Waals surface area contributed by atoms with Crippen LogP contribution in [0.4, 0.5) is 5.82 Å². The number of hydrogen-bond donors (Lipinski definition) is 3. The molecule has 3 N–H and O–H groups in total. The Hall–Kier alpha value is -2.97. The van der Waals surface area contributed by atoms with Gasteiger partial charge in [-0.15, -0.1) is 10.2 Å². The number of likely N-dealkylation sites (N-methyl/N-ethyl adjacent to an activating group) is 1. The molecule has 0 spiro atoms. The zero-order valence-electron chi connectivity index (χ0n) is 17.2. The summed E-state index contributed by atoms with van der Waals surface area (Å²) in [4.78, 5) is 13.5. The lowest BCUT2D eigenvalue weighted by Gasteiger charge is -2.43. The summed E-state index contributed by atoms with van der Waals surface area (Å²) in [5, 5.41) is 25.3. The lowest BCUT2D eigenvalue weighted by molar-refractivity contribution is -0.115. The van der Waals surface area contributed by atoms with Crippen LogP contribution in [0.1, 0.15) is 18.4 Å². The van der Waals surface area contributed by atoms with E-state index in [0.717, 1.165) is 37.4 Å². The number of piperidine rings is 1. The fourth-order valence-electron chi connectivity index (χ4n) is 4.09. The standard InChI is InChI=1S/C22H27N5O3/c1-23-22(29)8-4-14-3-5-18(20(28)9-14)19-6-7-21(26-25-19)27(2)17-10-15-12-30-13-16(11-17)24-15/h3-9,15-17,24,28H,10-13H2,1-2H3,(H,23,29)/b8-4+/t15-,16+,17+. The molecule has 0 radical (unpaired) electrons. The van der Waals surface area contributed by atoms with E-state index in [0.29, 0.717) is 29.4 Å². The first-order chi connectivity index (χ1) is 14.5. The molecular weight excluding hydrogens is 382 g/mol. The summed E-state index contributed by atoms with van der Waals surface area (Å²) in [6, 6.07) is 10.2. The number of aromatic nitrogens is 2. The third kappa shape index (κ3) is 4.44. The van der Waals surface area contributed by atoms with Gasteiger partial charge in [0, 0.05) is 43.9 Å². The van der Waals surface area contributed by atoms with E-state index in [2.05, 4.69) is 32.8 Å². The molecular formula is C22H27N5O3. The summed E-state index contributed by atoms with van der Waals surface area (Å²) in [6.07, 6.45) is 5.09. The topological polar surface area (TPSA) is 99.6 Å². The van der Waals surface area contributed by atoms with Gasteiger partial charge >= 0.3 is 0 Å². The molecule has 3 heterocycles. The van der Waals surface area contributed by atoms with Gasteiger partial charge in [0.05, 0.1) is 18.9 Å². The number of nitrogens with zero attached hydrogens (tertiary/aromatic N) is 3. The normalized spacial score (nSPS) is 23.3. The minimum Gasteiger partial charge on any atom is -0.507 e. The molecule has 158 valence electrons. The largest absolute Gasteiger partial charge is 0.507 e. The van der Waals surface area contributed by atoms with Crippen molar-refractivity contribution in [1.29, 1.82) is 0 Å². The molecule has 2 bridgehead atoms. The molecule has 0 aliphatic carbocycles. The molecule has 3 atom stereocenters. The number of morpholine rings is 1. The number of nitrogens with one attached hydrogen (secondary N) is 2. The van der Waals surface area contributed by atoms with Crippen molar-refractivity contribution in [3.05, 3.63) is 42.0 Å². The van der Waals surface area contributed by atoms with E-state index in [9.17, 15) is 9.90 Å².